The first-order valence-corrected chi connectivity index (χ1v) is 14.8. The van der Waals surface area contributed by atoms with Gasteiger partial charge in [-0.15, -0.1) is 11.3 Å². The largest absolute Gasteiger partial charge is 0.481 e. The smallest absolute Gasteiger partial charge is 0.338 e. The Morgan fingerprint density at radius 2 is 2.05 bits per heavy atom. The van der Waals surface area contributed by atoms with Gasteiger partial charge < -0.3 is 15.2 Å². The number of fused-ring (bicyclic) bond motifs is 1. The number of carbonyl (C=O) groups is 3. The molecule has 0 saturated carbocycles. The number of nitrogens with zero attached hydrogens (tertiary/aromatic N) is 5. The molecule has 0 spiro atoms. The van der Waals surface area contributed by atoms with Crippen LogP contribution in [0.15, 0.2) is 51.1 Å². The lowest BCUT2D eigenvalue weighted by atomic mass is 9.89. The number of aliphatic imine (C=N–C) groups is 1. The minimum absolute atomic E-state index is 0.00876. The number of thiazole rings is 1. The summed E-state index contributed by atoms with van der Waals surface area (Å²) in [6.45, 7) is 3.16. The third kappa shape index (κ3) is 5.83. The Labute approximate surface area is 259 Å². The Balaban J connectivity index is 1.53. The molecule has 3 aliphatic heterocycles. The van der Waals surface area contributed by atoms with Gasteiger partial charge in [0.05, 0.1) is 35.2 Å². The lowest BCUT2D eigenvalue weighted by Crippen LogP contribution is -2.49. The van der Waals surface area contributed by atoms with E-state index in [0.717, 1.165) is 6.07 Å². The van der Waals surface area contributed by atoms with Gasteiger partial charge in [-0.25, -0.2) is 28.0 Å². The number of nitrogens with one attached hydrogen (secondary N) is 1. The number of likely N-dealkylation sites (tertiary alicyclic amines) is 1. The second kappa shape index (κ2) is 11.9. The average molecular weight is 653 g/mol. The number of hydrogen-bond acceptors (Lipinski definition) is 10. The fourth-order valence-electron chi connectivity index (χ4n) is 5.32. The number of rotatable bonds is 9. The second-order valence-corrected chi connectivity index (χ2v) is 12.3. The van der Waals surface area contributed by atoms with Gasteiger partial charge in [-0.05, 0) is 26.8 Å². The highest BCUT2D eigenvalue weighted by Gasteiger charge is 2.60. The van der Waals surface area contributed by atoms with Crippen LogP contribution in [0.25, 0.3) is 0 Å². The van der Waals surface area contributed by atoms with Crippen LogP contribution in [0.1, 0.15) is 43.8 Å². The molecule has 3 unspecified atom stereocenters. The van der Waals surface area contributed by atoms with E-state index in [2.05, 4.69) is 20.4 Å². The topological polar surface area (TPSA) is 137 Å². The average Bonchev–Trinajstić information content (AvgIpc) is 3.69. The first-order valence-electron chi connectivity index (χ1n) is 13.6. The quantitative estimate of drug-likeness (QED) is 0.390. The van der Waals surface area contributed by atoms with Crippen LogP contribution < -0.4 is 5.32 Å². The van der Waals surface area contributed by atoms with Crippen LogP contribution in [0.5, 0.6) is 0 Å². The highest BCUT2D eigenvalue weighted by atomic mass is 35.5. The standard InChI is InChI=1S/C28H28ClF3N6O5S/c1-4-43-25(40)19-16(35-23(24-33-8-9-44-24)36-21(19)14-6-5-7-15(30)20(14)29)12-37-13-28(31,32)22-17(37)11-34-38(22)18(39)10-27(2,3)26(41)42/h5-9,11,17,21-22H,4,10,12-13H2,1-3H3,(H,35,36)(H,41,42). The number of halogens is 4. The van der Waals surface area contributed by atoms with E-state index in [1.54, 1.807) is 12.3 Å². The van der Waals surface area contributed by atoms with Gasteiger partial charge in [-0.1, -0.05) is 23.7 Å². The van der Waals surface area contributed by atoms with Crippen LogP contribution in [0.3, 0.4) is 0 Å². The zero-order valence-corrected chi connectivity index (χ0v) is 25.3. The summed E-state index contributed by atoms with van der Waals surface area (Å²) in [6, 6.07) is 0.141. The Morgan fingerprint density at radius 1 is 1.30 bits per heavy atom. The minimum atomic E-state index is -3.44. The van der Waals surface area contributed by atoms with Crippen molar-refractivity contribution >= 4 is 52.8 Å². The van der Waals surface area contributed by atoms with Crippen molar-refractivity contribution < 1.29 is 37.4 Å². The molecule has 5 rings (SSSR count). The van der Waals surface area contributed by atoms with Crippen molar-refractivity contribution in [3.8, 4) is 0 Å². The summed E-state index contributed by atoms with van der Waals surface area (Å²) in [6.07, 6.45) is 2.21. The summed E-state index contributed by atoms with van der Waals surface area (Å²) in [5.41, 5.74) is -1.25. The van der Waals surface area contributed by atoms with E-state index in [1.165, 1.54) is 54.6 Å². The molecule has 3 atom stereocenters. The second-order valence-electron chi connectivity index (χ2n) is 11.1. The Hall–Kier alpha value is -3.82. The summed E-state index contributed by atoms with van der Waals surface area (Å²) in [4.78, 5) is 48.2. The maximum atomic E-state index is 15.6. The van der Waals surface area contributed by atoms with Crippen molar-refractivity contribution in [2.45, 2.75) is 51.2 Å². The molecule has 3 aliphatic rings. The molecule has 1 aromatic carbocycles. The summed E-state index contributed by atoms with van der Waals surface area (Å²) in [5, 5.41) is 18.9. The van der Waals surface area contributed by atoms with Crippen LogP contribution >= 0.6 is 22.9 Å². The number of esters is 1. The van der Waals surface area contributed by atoms with Crippen LogP contribution in [0.4, 0.5) is 13.2 Å². The SMILES string of the molecule is CCOC(=O)C1=C(CN2CC(F)(F)C3C2C=NN3C(=O)CC(C)(C)C(=O)O)NC(c2nccs2)=NC1c1cccc(F)c1Cl. The van der Waals surface area contributed by atoms with E-state index < -0.39 is 66.1 Å². The minimum Gasteiger partial charge on any atom is -0.481 e. The van der Waals surface area contributed by atoms with Crippen LogP contribution in [0.2, 0.25) is 5.02 Å². The number of aromatic nitrogens is 1. The van der Waals surface area contributed by atoms with Crippen molar-refractivity contribution in [1.82, 2.24) is 20.2 Å². The molecule has 234 valence electrons. The third-order valence-corrected chi connectivity index (χ3v) is 8.70. The molecule has 1 fully saturated rings. The monoisotopic (exact) mass is 652 g/mol. The van der Waals surface area contributed by atoms with Crippen LogP contribution in [0, 0.1) is 11.2 Å². The predicted molar refractivity (Wildman–Crippen MR) is 155 cm³/mol. The molecule has 44 heavy (non-hydrogen) atoms. The van der Waals surface area contributed by atoms with Gasteiger partial charge >= 0.3 is 11.9 Å². The summed E-state index contributed by atoms with van der Waals surface area (Å²) in [7, 11) is 0. The summed E-state index contributed by atoms with van der Waals surface area (Å²) >= 11 is 7.56. The van der Waals surface area contributed by atoms with Gasteiger partial charge in [-0.2, -0.15) is 5.10 Å². The fraction of sp³-hybridized carbons (Fsp3) is 0.429. The van der Waals surface area contributed by atoms with E-state index in [9.17, 15) is 23.9 Å². The fourth-order valence-corrected chi connectivity index (χ4v) is 6.14. The van der Waals surface area contributed by atoms with E-state index in [1.807, 2.05) is 0 Å². The zero-order chi connectivity index (χ0) is 32.0. The van der Waals surface area contributed by atoms with Gasteiger partial charge in [0.2, 0.25) is 5.91 Å². The molecule has 0 aliphatic carbocycles. The molecular weight excluding hydrogens is 625 g/mol. The predicted octanol–water partition coefficient (Wildman–Crippen LogP) is 3.86. The summed E-state index contributed by atoms with van der Waals surface area (Å²) < 4.78 is 51.0. The van der Waals surface area contributed by atoms with Gasteiger partial charge in [0, 0.05) is 42.0 Å². The number of alkyl halides is 2. The highest BCUT2D eigenvalue weighted by molar-refractivity contribution is 7.11. The van der Waals surface area contributed by atoms with E-state index in [-0.39, 0.29) is 40.8 Å². The molecule has 1 saturated heterocycles. The van der Waals surface area contributed by atoms with Crippen molar-refractivity contribution in [2.75, 3.05) is 19.7 Å². The summed E-state index contributed by atoms with van der Waals surface area (Å²) in [5.74, 6) is -6.89. The molecule has 16 heteroatoms. The number of amides is 1. The molecule has 0 bridgehead atoms. The maximum absolute atomic E-state index is 15.6. The Morgan fingerprint density at radius 3 is 2.70 bits per heavy atom. The molecular formula is C28H28ClF3N6O5S. The number of ether oxygens (including phenoxy) is 1. The van der Waals surface area contributed by atoms with Crippen molar-refractivity contribution in [3.63, 3.8) is 0 Å². The normalized spacial score (nSPS) is 22.9. The van der Waals surface area contributed by atoms with Crippen molar-refractivity contribution in [3.05, 3.63) is 62.5 Å². The Bertz CT molecular complexity index is 1580. The van der Waals surface area contributed by atoms with E-state index in [4.69, 9.17) is 16.3 Å². The number of carbonyl (C=O) groups excluding carboxylic acids is 2. The molecule has 1 amide bonds. The van der Waals surface area contributed by atoms with Crippen LogP contribution in [-0.4, -0.2) is 87.6 Å². The van der Waals surface area contributed by atoms with Gasteiger partial charge in [0.15, 0.2) is 10.8 Å². The highest BCUT2D eigenvalue weighted by Crippen LogP contribution is 2.42. The number of carboxylic acids is 1. The van der Waals surface area contributed by atoms with E-state index in [0.29, 0.717) is 10.0 Å². The maximum Gasteiger partial charge on any atom is 0.338 e. The number of hydrazone groups is 1. The molecule has 0 radical (unpaired) electrons. The lowest BCUT2D eigenvalue weighted by Gasteiger charge is -2.30. The van der Waals surface area contributed by atoms with Crippen molar-refractivity contribution in [1.29, 1.82) is 0 Å². The van der Waals surface area contributed by atoms with E-state index >= 15 is 8.78 Å². The lowest BCUT2D eigenvalue weighted by molar-refractivity contribution is -0.154. The number of carboxylic acid groups (broad SMARTS) is 1. The van der Waals surface area contributed by atoms with Gasteiger partial charge in [0.25, 0.3) is 5.92 Å². The first kappa shape index (κ1) is 31.6. The zero-order valence-electron chi connectivity index (χ0n) is 23.8. The molecule has 11 nitrogen and oxygen atoms in total. The van der Waals surface area contributed by atoms with Crippen LogP contribution in [-0.2, 0) is 19.1 Å². The number of amidine groups is 1. The molecule has 1 aromatic heterocycles. The third-order valence-electron chi connectivity index (χ3n) is 7.52. The molecule has 2 N–H and O–H groups in total. The van der Waals surface area contributed by atoms with Gasteiger partial charge in [0.1, 0.15) is 17.9 Å². The van der Waals surface area contributed by atoms with Gasteiger partial charge in [-0.3, -0.25) is 19.5 Å². The number of hydrogen-bond donors (Lipinski definition) is 2. The number of benzene rings is 1. The molecule has 4 heterocycles. The number of aliphatic carboxylic acids is 1. The molecule has 2 aromatic rings. The Kier molecular flexibility index (Phi) is 8.57. The van der Waals surface area contributed by atoms with Crippen molar-refractivity contribution in [2.24, 2.45) is 15.5 Å². The first-order chi connectivity index (χ1) is 20.7.